The highest BCUT2D eigenvalue weighted by Crippen LogP contribution is 2.25. The maximum atomic E-state index is 12.5. The fourth-order valence-corrected chi connectivity index (χ4v) is 2.39. The van der Waals surface area contributed by atoms with Crippen molar-refractivity contribution in [3.8, 4) is 0 Å². The third-order valence-corrected chi connectivity index (χ3v) is 3.69. The van der Waals surface area contributed by atoms with Crippen LogP contribution in [0.3, 0.4) is 0 Å². The van der Waals surface area contributed by atoms with Crippen molar-refractivity contribution >= 4 is 38.3 Å². The number of pyridine rings is 1. The molecule has 4 heteroatoms. The second-order valence-corrected chi connectivity index (χ2v) is 5.35. The molecular formula is C16H11BrN2O. The van der Waals surface area contributed by atoms with Crippen LogP contribution in [0.25, 0.3) is 10.9 Å². The van der Waals surface area contributed by atoms with Gasteiger partial charge in [-0.2, -0.15) is 0 Å². The number of hydrogen-bond donors (Lipinski definition) is 1. The Kier molecular flexibility index (Phi) is 3.24. The topological polar surface area (TPSA) is 56.0 Å². The number of carbonyl (C=O) groups excluding carboxylic acids is 1. The molecule has 0 bridgehead atoms. The Bertz CT molecular complexity index is 797. The largest absolute Gasteiger partial charge is 0.396 e. The van der Waals surface area contributed by atoms with Crippen molar-refractivity contribution < 1.29 is 4.79 Å². The molecule has 3 aromatic rings. The summed E-state index contributed by atoms with van der Waals surface area (Å²) in [6.07, 6.45) is 1.67. The summed E-state index contributed by atoms with van der Waals surface area (Å²) in [5.41, 5.74) is 8.28. The molecule has 0 aliphatic carbocycles. The van der Waals surface area contributed by atoms with Gasteiger partial charge in [-0.25, -0.2) is 0 Å². The van der Waals surface area contributed by atoms with Gasteiger partial charge in [-0.15, -0.1) is 0 Å². The van der Waals surface area contributed by atoms with Crippen molar-refractivity contribution in [2.24, 2.45) is 0 Å². The van der Waals surface area contributed by atoms with Crippen LogP contribution in [0.1, 0.15) is 15.9 Å². The highest BCUT2D eigenvalue weighted by Gasteiger charge is 2.14. The molecular weight excluding hydrogens is 316 g/mol. The van der Waals surface area contributed by atoms with E-state index in [0.29, 0.717) is 22.3 Å². The van der Waals surface area contributed by atoms with Gasteiger partial charge in [0.25, 0.3) is 0 Å². The van der Waals surface area contributed by atoms with Crippen molar-refractivity contribution in [2.45, 2.75) is 0 Å². The fourth-order valence-electron chi connectivity index (χ4n) is 2.12. The van der Waals surface area contributed by atoms with E-state index in [1.807, 2.05) is 30.3 Å². The summed E-state index contributed by atoms with van der Waals surface area (Å²) in [6.45, 7) is 0. The number of aromatic nitrogens is 1. The van der Waals surface area contributed by atoms with Crippen LogP contribution < -0.4 is 5.73 Å². The van der Waals surface area contributed by atoms with Gasteiger partial charge in [0.05, 0.1) is 11.2 Å². The SMILES string of the molecule is Nc1c(C(=O)c2ccc(Br)cc2)ccc2cccnc12. The highest BCUT2D eigenvalue weighted by atomic mass is 79.9. The summed E-state index contributed by atoms with van der Waals surface area (Å²) in [7, 11) is 0. The summed E-state index contributed by atoms with van der Waals surface area (Å²) >= 11 is 3.35. The molecule has 1 aromatic heterocycles. The van der Waals surface area contributed by atoms with Gasteiger partial charge in [0, 0.05) is 27.2 Å². The van der Waals surface area contributed by atoms with E-state index in [9.17, 15) is 4.79 Å². The number of benzene rings is 2. The molecule has 0 aliphatic heterocycles. The number of halogens is 1. The normalized spacial score (nSPS) is 10.7. The zero-order valence-electron chi connectivity index (χ0n) is 10.5. The van der Waals surface area contributed by atoms with E-state index < -0.39 is 0 Å². The smallest absolute Gasteiger partial charge is 0.195 e. The van der Waals surface area contributed by atoms with E-state index >= 15 is 0 Å². The Balaban J connectivity index is 2.12. The van der Waals surface area contributed by atoms with E-state index in [2.05, 4.69) is 20.9 Å². The van der Waals surface area contributed by atoms with Crippen molar-refractivity contribution in [2.75, 3.05) is 5.73 Å². The number of hydrogen-bond acceptors (Lipinski definition) is 3. The van der Waals surface area contributed by atoms with Crippen LogP contribution in [-0.4, -0.2) is 10.8 Å². The molecule has 98 valence electrons. The number of nitrogen functional groups attached to an aromatic ring is 1. The maximum absolute atomic E-state index is 12.5. The quantitative estimate of drug-likeness (QED) is 0.575. The van der Waals surface area contributed by atoms with Crippen LogP contribution in [0, 0.1) is 0 Å². The van der Waals surface area contributed by atoms with Crippen LogP contribution in [0.2, 0.25) is 0 Å². The van der Waals surface area contributed by atoms with Crippen LogP contribution in [0.5, 0.6) is 0 Å². The third-order valence-electron chi connectivity index (χ3n) is 3.16. The Morgan fingerprint density at radius 1 is 1.05 bits per heavy atom. The average Bonchev–Trinajstić information content (AvgIpc) is 2.48. The van der Waals surface area contributed by atoms with E-state index in [-0.39, 0.29) is 5.78 Å². The number of rotatable bonds is 2. The first-order chi connectivity index (χ1) is 9.66. The van der Waals surface area contributed by atoms with Crippen LogP contribution in [0.15, 0.2) is 59.2 Å². The van der Waals surface area contributed by atoms with Gasteiger partial charge in [-0.05, 0) is 36.4 Å². The second-order valence-electron chi connectivity index (χ2n) is 4.44. The Labute approximate surface area is 124 Å². The maximum Gasteiger partial charge on any atom is 0.195 e. The first-order valence-electron chi connectivity index (χ1n) is 6.10. The number of nitrogens with two attached hydrogens (primary N) is 1. The first kappa shape index (κ1) is 12.8. The number of fused-ring (bicyclic) bond motifs is 1. The van der Waals surface area contributed by atoms with Gasteiger partial charge in [0.15, 0.2) is 5.78 Å². The monoisotopic (exact) mass is 326 g/mol. The molecule has 0 saturated heterocycles. The lowest BCUT2D eigenvalue weighted by Crippen LogP contribution is -2.06. The van der Waals surface area contributed by atoms with Crippen LogP contribution in [-0.2, 0) is 0 Å². The molecule has 0 fully saturated rings. The second kappa shape index (κ2) is 5.06. The molecule has 2 N–H and O–H groups in total. The zero-order valence-corrected chi connectivity index (χ0v) is 12.1. The molecule has 0 atom stereocenters. The lowest BCUT2D eigenvalue weighted by atomic mass is 10.00. The van der Waals surface area contributed by atoms with Crippen molar-refractivity contribution in [1.82, 2.24) is 4.98 Å². The number of anilines is 1. The minimum atomic E-state index is -0.0949. The van der Waals surface area contributed by atoms with Gasteiger partial charge in [-0.3, -0.25) is 9.78 Å². The number of carbonyl (C=O) groups is 1. The van der Waals surface area contributed by atoms with Crippen molar-refractivity contribution in [3.63, 3.8) is 0 Å². The molecule has 0 saturated carbocycles. The zero-order chi connectivity index (χ0) is 14.1. The van der Waals surface area contributed by atoms with Gasteiger partial charge in [0.2, 0.25) is 0 Å². The molecule has 2 aromatic carbocycles. The summed E-state index contributed by atoms with van der Waals surface area (Å²) < 4.78 is 0.933. The molecule has 3 nitrogen and oxygen atoms in total. The molecule has 0 amide bonds. The Morgan fingerprint density at radius 3 is 2.55 bits per heavy atom. The lowest BCUT2D eigenvalue weighted by Gasteiger charge is -2.07. The van der Waals surface area contributed by atoms with Crippen molar-refractivity contribution in [1.29, 1.82) is 0 Å². The van der Waals surface area contributed by atoms with E-state index in [1.54, 1.807) is 24.4 Å². The number of nitrogens with zero attached hydrogens (tertiary/aromatic N) is 1. The van der Waals surface area contributed by atoms with E-state index in [0.717, 1.165) is 9.86 Å². The molecule has 0 aliphatic rings. The first-order valence-corrected chi connectivity index (χ1v) is 6.89. The minimum absolute atomic E-state index is 0.0949. The van der Waals surface area contributed by atoms with E-state index in [4.69, 9.17) is 5.73 Å². The predicted molar refractivity (Wildman–Crippen MR) is 83.7 cm³/mol. The Hall–Kier alpha value is -2.20. The summed E-state index contributed by atoms with van der Waals surface area (Å²) in [5, 5.41) is 0.928. The summed E-state index contributed by atoms with van der Waals surface area (Å²) in [6, 6.07) is 14.6. The fraction of sp³-hybridized carbons (Fsp3) is 0. The minimum Gasteiger partial charge on any atom is -0.396 e. The Morgan fingerprint density at radius 2 is 1.80 bits per heavy atom. The predicted octanol–water partition coefficient (Wildman–Crippen LogP) is 3.81. The van der Waals surface area contributed by atoms with Crippen molar-refractivity contribution in [3.05, 3.63) is 70.3 Å². The average molecular weight is 327 g/mol. The lowest BCUT2D eigenvalue weighted by molar-refractivity contribution is 0.103. The third kappa shape index (κ3) is 2.18. The van der Waals surface area contributed by atoms with E-state index in [1.165, 1.54) is 0 Å². The van der Waals surface area contributed by atoms with Gasteiger partial charge < -0.3 is 5.73 Å². The summed E-state index contributed by atoms with van der Waals surface area (Å²) in [5.74, 6) is -0.0949. The molecule has 1 heterocycles. The molecule has 3 rings (SSSR count). The van der Waals surface area contributed by atoms with Gasteiger partial charge in [0.1, 0.15) is 0 Å². The molecule has 20 heavy (non-hydrogen) atoms. The molecule has 0 unspecified atom stereocenters. The van der Waals surface area contributed by atoms with Crippen LogP contribution >= 0.6 is 15.9 Å². The summed E-state index contributed by atoms with van der Waals surface area (Å²) in [4.78, 5) is 16.7. The van der Waals surface area contributed by atoms with Crippen LogP contribution in [0.4, 0.5) is 5.69 Å². The molecule has 0 radical (unpaired) electrons. The number of ketones is 1. The standard InChI is InChI=1S/C16H11BrN2O/c17-12-6-3-11(4-7-12)16(20)13-8-5-10-2-1-9-19-15(10)14(13)18/h1-9H,18H2. The van der Waals surface area contributed by atoms with Gasteiger partial charge >= 0.3 is 0 Å². The highest BCUT2D eigenvalue weighted by molar-refractivity contribution is 9.10. The van der Waals surface area contributed by atoms with Gasteiger partial charge in [-0.1, -0.05) is 28.1 Å². The molecule has 0 spiro atoms.